The van der Waals surface area contributed by atoms with Gasteiger partial charge in [-0.15, -0.1) is 0 Å². The Labute approximate surface area is 180 Å². The van der Waals surface area contributed by atoms with E-state index in [1.807, 2.05) is 0 Å². The normalized spacial score (nSPS) is 12.1. The zero-order chi connectivity index (χ0) is 22.8. The summed E-state index contributed by atoms with van der Waals surface area (Å²) in [6, 6.07) is 11.6. The monoisotopic (exact) mass is 453 g/mol. The summed E-state index contributed by atoms with van der Waals surface area (Å²) in [7, 11) is 0. The molecule has 0 spiro atoms. The number of nitrogens with zero attached hydrogens (tertiary/aromatic N) is 1. The van der Waals surface area contributed by atoms with E-state index >= 15 is 0 Å². The van der Waals surface area contributed by atoms with Gasteiger partial charge < -0.3 is 9.84 Å². The molecule has 31 heavy (non-hydrogen) atoms. The van der Waals surface area contributed by atoms with Crippen molar-refractivity contribution in [1.29, 1.82) is 0 Å². The lowest BCUT2D eigenvalue weighted by atomic mass is 10.2. The number of hydrogen-bond donors (Lipinski definition) is 1. The van der Waals surface area contributed by atoms with Crippen LogP contribution in [0.1, 0.15) is 19.4 Å². The summed E-state index contributed by atoms with van der Waals surface area (Å²) in [6.45, 7) is 2.94. The largest absolute Gasteiger partial charge is 0.488 e. The fourth-order valence-electron chi connectivity index (χ4n) is 2.61. The molecule has 0 aliphatic heterocycles. The van der Waals surface area contributed by atoms with Gasteiger partial charge >= 0.3 is 6.18 Å². The number of benzene rings is 2. The van der Waals surface area contributed by atoms with Crippen LogP contribution in [0, 0.1) is 5.82 Å². The molecule has 1 heterocycles. The Bertz CT molecular complexity index is 1120. The maximum absolute atomic E-state index is 14.4. The molecule has 0 saturated heterocycles. The molecule has 0 saturated carbocycles. The lowest BCUT2D eigenvalue weighted by Crippen LogP contribution is -2.28. The van der Waals surface area contributed by atoms with E-state index < -0.39 is 28.7 Å². The molecule has 0 atom stereocenters. The Morgan fingerprint density at radius 3 is 2.32 bits per heavy atom. The molecule has 164 valence electrons. The average Bonchev–Trinajstić information content (AvgIpc) is 2.68. The molecule has 0 fully saturated rings. The zero-order valence-electron chi connectivity index (χ0n) is 16.6. The molecule has 3 rings (SSSR count). The van der Waals surface area contributed by atoms with Crippen molar-refractivity contribution in [2.45, 2.75) is 35.4 Å². The van der Waals surface area contributed by atoms with Crippen molar-refractivity contribution < 1.29 is 27.4 Å². The maximum atomic E-state index is 14.4. The van der Waals surface area contributed by atoms with Crippen LogP contribution in [0.3, 0.4) is 0 Å². The molecule has 4 nitrogen and oxygen atoms in total. The number of pyridine rings is 1. The van der Waals surface area contributed by atoms with Crippen molar-refractivity contribution in [1.82, 2.24) is 4.57 Å². The van der Waals surface area contributed by atoms with E-state index in [4.69, 9.17) is 4.74 Å². The summed E-state index contributed by atoms with van der Waals surface area (Å²) >= 11 is 1.01. The third-order valence-corrected chi connectivity index (χ3v) is 5.13. The number of halogens is 4. The Morgan fingerprint density at radius 2 is 1.74 bits per heavy atom. The average molecular weight is 453 g/mol. The van der Waals surface area contributed by atoms with Crippen molar-refractivity contribution in [2.75, 3.05) is 6.61 Å². The predicted octanol–water partition coefficient (Wildman–Crippen LogP) is 5.30. The molecule has 0 bridgehead atoms. The lowest BCUT2D eigenvalue weighted by Gasteiger charge is -2.18. The van der Waals surface area contributed by atoms with Crippen molar-refractivity contribution in [2.24, 2.45) is 0 Å². The first-order valence-corrected chi connectivity index (χ1v) is 9.97. The van der Waals surface area contributed by atoms with E-state index in [1.54, 1.807) is 12.1 Å². The summed E-state index contributed by atoms with van der Waals surface area (Å²) in [4.78, 5) is 13.6. The number of hydrogen-bond acceptors (Lipinski definition) is 4. The summed E-state index contributed by atoms with van der Waals surface area (Å²) in [5.41, 5.74) is -2.10. The molecule has 0 aliphatic rings. The van der Waals surface area contributed by atoms with Crippen molar-refractivity contribution in [3.63, 3.8) is 0 Å². The summed E-state index contributed by atoms with van der Waals surface area (Å²) in [5, 5.41) is 9.69. The Balaban J connectivity index is 1.84. The standard InChI is InChI=1S/C22H19F4NO3S/c1-21(2,29)13-30-18-10-7-15(12-17(18)23)27-11-3-4-19(20(27)28)31-16-8-5-14(6-9-16)22(24,25)26/h3-12,29H,13H2,1-2H3. The molecule has 1 aromatic heterocycles. The van der Waals surface area contributed by atoms with Crippen LogP contribution in [0.25, 0.3) is 5.69 Å². The van der Waals surface area contributed by atoms with Crippen LogP contribution in [0.15, 0.2) is 75.4 Å². The predicted molar refractivity (Wildman–Crippen MR) is 109 cm³/mol. The first-order chi connectivity index (χ1) is 14.4. The Hall–Kier alpha value is -2.78. The van der Waals surface area contributed by atoms with Gasteiger partial charge in [0.1, 0.15) is 6.61 Å². The van der Waals surface area contributed by atoms with Gasteiger partial charge in [0.05, 0.1) is 21.7 Å². The zero-order valence-corrected chi connectivity index (χ0v) is 17.4. The van der Waals surface area contributed by atoms with Gasteiger partial charge in [-0.05, 0) is 62.4 Å². The minimum absolute atomic E-state index is 0.0609. The first kappa shape index (κ1) is 22.9. The van der Waals surface area contributed by atoms with Crippen molar-refractivity contribution >= 4 is 11.8 Å². The molecule has 2 aromatic carbocycles. The fourth-order valence-corrected chi connectivity index (χ4v) is 3.46. The van der Waals surface area contributed by atoms with E-state index in [0.29, 0.717) is 4.90 Å². The van der Waals surface area contributed by atoms with Crippen LogP contribution < -0.4 is 10.3 Å². The van der Waals surface area contributed by atoms with Crippen LogP contribution in [0.4, 0.5) is 17.6 Å². The molecule has 9 heteroatoms. The minimum atomic E-state index is -4.43. The highest BCUT2D eigenvalue weighted by Gasteiger charge is 2.30. The van der Waals surface area contributed by atoms with Crippen LogP contribution >= 0.6 is 11.8 Å². The highest BCUT2D eigenvalue weighted by molar-refractivity contribution is 7.99. The third-order valence-electron chi connectivity index (χ3n) is 4.10. The number of alkyl halides is 3. The van der Waals surface area contributed by atoms with Crippen molar-refractivity contribution in [3.05, 3.63) is 82.5 Å². The Kier molecular flexibility index (Phi) is 6.47. The second kappa shape index (κ2) is 8.76. The van der Waals surface area contributed by atoms with E-state index in [-0.39, 0.29) is 22.9 Å². The van der Waals surface area contributed by atoms with Gasteiger partial charge in [-0.2, -0.15) is 13.2 Å². The smallest absolute Gasteiger partial charge is 0.416 e. The van der Waals surface area contributed by atoms with Gasteiger partial charge in [0.2, 0.25) is 0 Å². The van der Waals surface area contributed by atoms with E-state index in [1.165, 1.54) is 48.9 Å². The van der Waals surface area contributed by atoms with Gasteiger partial charge in [-0.25, -0.2) is 4.39 Å². The van der Waals surface area contributed by atoms with Crippen LogP contribution in [-0.4, -0.2) is 21.9 Å². The number of aliphatic hydroxyl groups is 1. The van der Waals surface area contributed by atoms with Gasteiger partial charge in [0.15, 0.2) is 11.6 Å². The first-order valence-electron chi connectivity index (χ1n) is 9.16. The molecule has 0 radical (unpaired) electrons. The fraction of sp³-hybridized carbons (Fsp3) is 0.227. The Morgan fingerprint density at radius 1 is 1.06 bits per heavy atom. The summed E-state index contributed by atoms with van der Waals surface area (Å²) in [5.74, 6) is -0.761. The lowest BCUT2D eigenvalue weighted by molar-refractivity contribution is -0.137. The molecule has 3 aromatic rings. The summed E-state index contributed by atoms with van der Waals surface area (Å²) < 4.78 is 59.0. The molecular weight excluding hydrogens is 434 g/mol. The third kappa shape index (κ3) is 5.89. The summed E-state index contributed by atoms with van der Waals surface area (Å²) in [6.07, 6.45) is -2.97. The highest BCUT2D eigenvalue weighted by Crippen LogP contribution is 2.32. The van der Waals surface area contributed by atoms with Gasteiger partial charge in [-0.1, -0.05) is 11.8 Å². The molecular formula is C22H19F4NO3S. The van der Waals surface area contributed by atoms with E-state index in [2.05, 4.69) is 0 Å². The molecule has 0 unspecified atom stereocenters. The van der Waals surface area contributed by atoms with Crippen LogP contribution in [0.5, 0.6) is 5.75 Å². The van der Waals surface area contributed by atoms with Gasteiger partial charge in [0.25, 0.3) is 5.56 Å². The molecule has 1 N–H and O–H groups in total. The van der Waals surface area contributed by atoms with Crippen molar-refractivity contribution in [3.8, 4) is 11.4 Å². The van der Waals surface area contributed by atoms with Crippen LogP contribution in [0.2, 0.25) is 0 Å². The minimum Gasteiger partial charge on any atom is -0.488 e. The number of aromatic nitrogens is 1. The maximum Gasteiger partial charge on any atom is 0.416 e. The second-order valence-electron chi connectivity index (χ2n) is 7.39. The topological polar surface area (TPSA) is 51.5 Å². The van der Waals surface area contributed by atoms with Gasteiger partial charge in [-0.3, -0.25) is 9.36 Å². The number of rotatable bonds is 6. The molecule has 0 aliphatic carbocycles. The quantitative estimate of drug-likeness (QED) is 0.515. The van der Waals surface area contributed by atoms with E-state index in [9.17, 15) is 27.5 Å². The SMILES string of the molecule is CC(C)(O)COc1ccc(-n2cccc(Sc3ccc(C(F)(F)F)cc3)c2=O)cc1F. The van der Waals surface area contributed by atoms with E-state index in [0.717, 1.165) is 30.0 Å². The van der Waals surface area contributed by atoms with Crippen LogP contribution in [-0.2, 0) is 6.18 Å². The molecule has 0 amide bonds. The number of ether oxygens (including phenoxy) is 1. The van der Waals surface area contributed by atoms with Gasteiger partial charge in [0, 0.05) is 17.2 Å². The highest BCUT2D eigenvalue weighted by atomic mass is 32.2. The second-order valence-corrected chi connectivity index (χ2v) is 8.50.